The highest BCUT2D eigenvalue weighted by atomic mass is 79.9. The van der Waals surface area contributed by atoms with Gasteiger partial charge in [0, 0.05) is 18.2 Å². The maximum atomic E-state index is 11.1. The minimum Gasteiger partial charge on any atom is -0.481 e. The number of carbonyl (C=O) groups is 2. The van der Waals surface area contributed by atoms with Gasteiger partial charge < -0.3 is 9.84 Å². The smallest absolute Gasteiger partial charge is 0.305 e. The molecular weight excluding hydrogens is 264 g/mol. The average Bonchev–Trinajstić information content (AvgIpc) is 2.17. The van der Waals surface area contributed by atoms with Gasteiger partial charge in [-0.15, -0.1) is 0 Å². The van der Waals surface area contributed by atoms with E-state index in [1.54, 1.807) is 0 Å². The fourth-order valence-corrected chi connectivity index (χ4v) is 1.40. The van der Waals surface area contributed by atoms with Crippen LogP contribution in [0.15, 0.2) is 0 Å². The van der Waals surface area contributed by atoms with Crippen LogP contribution in [0.3, 0.4) is 0 Å². The van der Waals surface area contributed by atoms with Crippen LogP contribution in [0.1, 0.15) is 38.5 Å². The van der Waals surface area contributed by atoms with Crippen molar-refractivity contribution in [1.82, 2.24) is 0 Å². The molecule has 5 heteroatoms. The molecule has 0 heterocycles. The number of carboxylic acids is 1. The first-order chi connectivity index (χ1) is 7.16. The van der Waals surface area contributed by atoms with Gasteiger partial charge >= 0.3 is 11.9 Å². The maximum absolute atomic E-state index is 11.1. The molecule has 0 aromatic carbocycles. The topological polar surface area (TPSA) is 63.6 Å². The number of alkyl halides is 1. The number of rotatable bonds is 9. The zero-order chi connectivity index (χ0) is 11.5. The summed E-state index contributed by atoms with van der Waals surface area (Å²) in [6.45, 7) is 0.334. The van der Waals surface area contributed by atoms with Crippen molar-refractivity contribution in [2.24, 2.45) is 0 Å². The van der Waals surface area contributed by atoms with E-state index in [1.165, 1.54) is 0 Å². The second-order valence-electron chi connectivity index (χ2n) is 3.22. The predicted octanol–water partition coefficient (Wildman–Crippen LogP) is 2.35. The highest BCUT2D eigenvalue weighted by Crippen LogP contribution is 2.02. The van der Waals surface area contributed by atoms with Gasteiger partial charge in [0.15, 0.2) is 0 Å². The summed E-state index contributed by atoms with van der Waals surface area (Å²) in [6.07, 6.45) is 3.57. The third-order valence-electron chi connectivity index (χ3n) is 1.81. The van der Waals surface area contributed by atoms with Crippen molar-refractivity contribution >= 4 is 27.9 Å². The molecule has 0 spiro atoms. The van der Waals surface area contributed by atoms with E-state index in [1.807, 2.05) is 0 Å². The van der Waals surface area contributed by atoms with Gasteiger partial charge in [0.2, 0.25) is 0 Å². The summed E-state index contributed by atoms with van der Waals surface area (Å²) in [5.41, 5.74) is 0. The molecule has 0 rings (SSSR count). The van der Waals surface area contributed by atoms with Crippen LogP contribution < -0.4 is 0 Å². The molecule has 88 valence electrons. The van der Waals surface area contributed by atoms with Crippen LogP contribution in [-0.2, 0) is 14.3 Å². The Labute approximate surface area is 98.1 Å². The summed E-state index contributed by atoms with van der Waals surface area (Å²) in [7, 11) is 0. The number of hydrogen-bond acceptors (Lipinski definition) is 3. The van der Waals surface area contributed by atoms with Crippen molar-refractivity contribution in [3.63, 3.8) is 0 Å². The van der Waals surface area contributed by atoms with E-state index in [4.69, 9.17) is 9.84 Å². The van der Waals surface area contributed by atoms with Gasteiger partial charge in [-0.25, -0.2) is 0 Å². The average molecular weight is 281 g/mol. The van der Waals surface area contributed by atoms with E-state index in [9.17, 15) is 9.59 Å². The third kappa shape index (κ3) is 11.3. The molecule has 0 unspecified atom stereocenters. The first kappa shape index (κ1) is 14.4. The Hall–Kier alpha value is -0.580. The normalized spacial score (nSPS) is 9.93. The van der Waals surface area contributed by atoms with Crippen LogP contribution in [0.25, 0.3) is 0 Å². The Kier molecular flexibility index (Phi) is 9.57. The van der Waals surface area contributed by atoms with E-state index in [0.29, 0.717) is 25.9 Å². The highest BCUT2D eigenvalue weighted by molar-refractivity contribution is 9.09. The lowest BCUT2D eigenvalue weighted by atomic mass is 10.2. The Morgan fingerprint density at radius 3 is 2.33 bits per heavy atom. The summed E-state index contributed by atoms with van der Waals surface area (Å²) in [5, 5.41) is 9.25. The van der Waals surface area contributed by atoms with E-state index in [2.05, 4.69) is 15.9 Å². The monoisotopic (exact) mass is 280 g/mol. The number of carbonyl (C=O) groups excluding carboxylic acids is 1. The molecule has 0 aliphatic carbocycles. The van der Waals surface area contributed by atoms with E-state index in [-0.39, 0.29) is 12.4 Å². The summed E-state index contributed by atoms with van der Waals surface area (Å²) in [4.78, 5) is 21.2. The van der Waals surface area contributed by atoms with Crippen LogP contribution in [0.5, 0.6) is 0 Å². The van der Waals surface area contributed by atoms with Crippen molar-refractivity contribution in [2.75, 3.05) is 11.9 Å². The Morgan fingerprint density at radius 2 is 1.73 bits per heavy atom. The van der Waals surface area contributed by atoms with Crippen molar-refractivity contribution in [1.29, 1.82) is 0 Å². The summed E-state index contributed by atoms with van der Waals surface area (Å²) < 4.78 is 4.92. The SMILES string of the molecule is O=C(O)CCCCOC(=O)CCCCBr. The Balaban J connectivity index is 3.20. The molecule has 1 N–H and O–H groups in total. The molecule has 0 amide bonds. The zero-order valence-electron chi connectivity index (χ0n) is 8.71. The molecule has 15 heavy (non-hydrogen) atoms. The zero-order valence-corrected chi connectivity index (χ0v) is 10.3. The number of carboxylic acid groups (broad SMARTS) is 1. The predicted molar refractivity (Wildman–Crippen MR) is 60.1 cm³/mol. The van der Waals surface area contributed by atoms with Gasteiger partial charge in [0.05, 0.1) is 6.61 Å². The Morgan fingerprint density at radius 1 is 1.07 bits per heavy atom. The molecule has 0 atom stereocenters. The van der Waals surface area contributed by atoms with Gasteiger partial charge in [0.25, 0.3) is 0 Å². The number of hydrogen-bond donors (Lipinski definition) is 1. The second-order valence-corrected chi connectivity index (χ2v) is 4.01. The van der Waals surface area contributed by atoms with Gasteiger partial charge in [-0.3, -0.25) is 9.59 Å². The molecule has 0 aliphatic rings. The minimum absolute atomic E-state index is 0.140. The van der Waals surface area contributed by atoms with Crippen LogP contribution >= 0.6 is 15.9 Å². The van der Waals surface area contributed by atoms with Crippen molar-refractivity contribution in [2.45, 2.75) is 38.5 Å². The minimum atomic E-state index is -0.807. The fraction of sp³-hybridized carbons (Fsp3) is 0.800. The number of halogens is 1. The van der Waals surface area contributed by atoms with Gasteiger partial charge in [0.1, 0.15) is 0 Å². The second kappa shape index (κ2) is 9.96. The third-order valence-corrected chi connectivity index (χ3v) is 2.37. The summed E-state index contributed by atoms with van der Waals surface area (Å²) >= 11 is 3.28. The molecule has 0 radical (unpaired) electrons. The molecule has 0 fully saturated rings. The lowest BCUT2D eigenvalue weighted by Crippen LogP contribution is -2.06. The van der Waals surface area contributed by atoms with E-state index >= 15 is 0 Å². The van der Waals surface area contributed by atoms with E-state index in [0.717, 1.165) is 18.2 Å². The lowest BCUT2D eigenvalue weighted by Gasteiger charge is -2.03. The van der Waals surface area contributed by atoms with E-state index < -0.39 is 5.97 Å². The van der Waals surface area contributed by atoms with Crippen LogP contribution in [0.4, 0.5) is 0 Å². The van der Waals surface area contributed by atoms with Gasteiger partial charge in [-0.1, -0.05) is 15.9 Å². The number of unbranched alkanes of at least 4 members (excludes halogenated alkanes) is 2. The first-order valence-electron chi connectivity index (χ1n) is 5.10. The number of esters is 1. The largest absolute Gasteiger partial charge is 0.481 e. The van der Waals surface area contributed by atoms with Crippen LogP contribution in [-0.4, -0.2) is 29.0 Å². The van der Waals surface area contributed by atoms with Gasteiger partial charge in [-0.2, -0.15) is 0 Å². The van der Waals surface area contributed by atoms with Gasteiger partial charge in [-0.05, 0) is 25.7 Å². The van der Waals surface area contributed by atoms with Crippen molar-refractivity contribution in [3.05, 3.63) is 0 Å². The molecule has 0 aromatic rings. The van der Waals surface area contributed by atoms with Crippen molar-refractivity contribution < 1.29 is 19.4 Å². The first-order valence-corrected chi connectivity index (χ1v) is 6.22. The number of ether oxygens (including phenoxy) is 1. The maximum Gasteiger partial charge on any atom is 0.305 e. The summed E-state index contributed by atoms with van der Waals surface area (Å²) in [6, 6.07) is 0. The molecule has 4 nitrogen and oxygen atoms in total. The van der Waals surface area contributed by atoms with Crippen LogP contribution in [0, 0.1) is 0 Å². The molecule has 0 aliphatic heterocycles. The fourth-order valence-electron chi connectivity index (χ4n) is 1.00. The molecule has 0 saturated heterocycles. The lowest BCUT2D eigenvalue weighted by molar-refractivity contribution is -0.143. The molecule has 0 aromatic heterocycles. The standard InChI is InChI=1S/C10H17BrO4/c11-7-3-1-6-10(14)15-8-4-2-5-9(12)13/h1-8H2,(H,12,13). The highest BCUT2D eigenvalue weighted by Gasteiger charge is 2.02. The summed E-state index contributed by atoms with van der Waals surface area (Å²) in [5.74, 6) is -0.995. The molecule has 0 bridgehead atoms. The molecular formula is C10H17BrO4. The van der Waals surface area contributed by atoms with Crippen molar-refractivity contribution in [3.8, 4) is 0 Å². The van der Waals surface area contributed by atoms with Crippen LogP contribution in [0.2, 0.25) is 0 Å². The number of aliphatic carboxylic acids is 1. The quantitative estimate of drug-likeness (QED) is 0.400. The Bertz CT molecular complexity index is 194. The molecule has 0 saturated carbocycles.